The van der Waals surface area contributed by atoms with Gasteiger partial charge in [0, 0.05) is 29.5 Å². The van der Waals surface area contributed by atoms with E-state index in [1.54, 1.807) is 12.1 Å². The molecule has 0 unspecified atom stereocenters. The van der Waals surface area contributed by atoms with E-state index in [0.717, 1.165) is 16.0 Å². The summed E-state index contributed by atoms with van der Waals surface area (Å²) in [6.07, 6.45) is 0. The van der Waals surface area contributed by atoms with Gasteiger partial charge in [0.25, 0.3) is 5.69 Å². The molecule has 0 heterocycles. The van der Waals surface area contributed by atoms with Crippen LogP contribution in [0.4, 0.5) is 5.69 Å². The molecule has 3 aromatic rings. The number of nitrogens with zero attached hydrogens (tertiary/aromatic N) is 1. The van der Waals surface area contributed by atoms with Gasteiger partial charge >= 0.3 is 0 Å². The molecule has 28 heavy (non-hydrogen) atoms. The highest BCUT2D eigenvalue weighted by Gasteiger charge is 2.15. The second-order valence-electron chi connectivity index (χ2n) is 6.22. The van der Waals surface area contributed by atoms with E-state index < -0.39 is 4.92 Å². The van der Waals surface area contributed by atoms with E-state index in [1.807, 2.05) is 36.4 Å². The largest absolute Gasteiger partial charge is 0.354 e. The van der Waals surface area contributed by atoms with E-state index in [-0.39, 0.29) is 23.3 Å². The van der Waals surface area contributed by atoms with E-state index in [0.29, 0.717) is 6.54 Å². The third-order valence-electron chi connectivity index (χ3n) is 4.32. The summed E-state index contributed by atoms with van der Waals surface area (Å²) in [7, 11) is 0. The Morgan fingerprint density at radius 2 is 1.43 bits per heavy atom. The highest BCUT2D eigenvalue weighted by atomic mass is 32.2. The average molecular weight is 392 g/mol. The van der Waals surface area contributed by atoms with Crippen LogP contribution in [0.2, 0.25) is 0 Å². The Morgan fingerprint density at radius 3 is 1.93 bits per heavy atom. The molecule has 0 saturated carbocycles. The van der Waals surface area contributed by atoms with Crippen molar-refractivity contribution in [3.63, 3.8) is 0 Å². The van der Waals surface area contributed by atoms with Crippen LogP contribution < -0.4 is 5.32 Å². The number of carbonyl (C=O) groups is 1. The highest BCUT2D eigenvalue weighted by molar-refractivity contribution is 8.00. The number of nitro groups is 1. The van der Waals surface area contributed by atoms with Gasteiger partial charge in [-0.15, -0.1) is 11.8 Å². The lowest BCUT2D eigenvalue weighted by Gasteiger charge is -2.19. The first-order chi connectivity index (χ1) is 13.6. The molecule has 142 valence electrons. The summed E-state index contributed by atoms with van der Waals surface area (Å²) in [4.78, 5) is 23.4. The van der Waals surface area contributed by atoms with Crippen LogP contribution in [0.3, 0.4) is 0 Å². The first kappa shape index (κ1) is 19.6. The van der Waals surface area contributed by atoms with Crippen molar-refractivity contribution in [3.05, 3.63) is 106 Å². The lowest BCUT2D eigenvalue weighted by molar-refractivity contribution is -0.384. The van der Waals surface area contributed by atoms with Crippen molar-refractivity contribution in [1.29, 1.82) is 0 Å². The zero-order chi connectivity index (χ0) is 19.8. The lowest BCUT2D eigenvalue weighted by atomic mass is 9.91. The van der Waals surface area contributed by atoms with Crippen molar-refractivity contribution in [1.82, 2.24) is 5.32 Å². The SMILES string of the molecule is O=C(CSc1ccc([N+](=O)[O-])cc1)NCC(c1ccccc1)c1ccccc1. The molecule has 0 aliphatic heterocycles. The number of non-ortho nitro benzene ring substituents is 1. The second-order valence-corrected chi connectivity index (χ2v) is 7.27. The van der Waals surface area contributed by atoms with Crippen molar-refractivity contribution in [3.8, 4) is 0 Å². The van der Waals surface area contributed by atoms with Crippen LogP contribution in [0.25, 0.3) is 0 Å². The fourth-order valence-electron chi connectivity index (χ4n) is 2.88. The van der Waals surface area contributed by atoms with Crippen LogP contribution in [-0.4, -0.2) is 23.1 Å². The number of carbonyl (C=O) groups excluding carboxylic acids is 1. The Morgan fingerprint density at radius 1 is 0.893 bits per heavy atom. The van der Waals surface area contributed by atoms with Gasteiger partial charge in [-0.25, -0.2) is 0 Å². The summed E-state index contributed by atoms with van der Waals surface area (Å²) in [6.45, 7) is 0.508. The predicted molar refractivity (Wildman–Crippen MR) is 112 cm³/mol. The summed E-state index contributed by atoms with van der Waals surface area (Å²) < 4.78 is 0. The summed E-state index contributed by atoms with van der Waals surface area (Å²) >= 11 is 1.36. The van der Waals surface area contributed by atoms with Gasteiger partial charge < -0.3 is 5.32 Å². The molecule has 6 heteroatoms. The van der Waals surface area contributed by atoms with Crippen molar-refractivity contribution >= 4 is 23.4 Å². The molecule has 5 nitrogen and oxygen atoms in total. The molecule has 0 spiro atoms. The molecule has 0 bridgehead atoms. The fraction of sp³-hybridized carbons (Fsp3) is 0.136. The third-order valence-corrected chi connectivity index (χ3v) is 5.34. The van der Waals surface area contributed by atoms with Crippen molar-refractivity contribution in [2.45, 2.75) is 10.8 Å². The molecule has 3 rings (SSSR count). The Hall–Kier alpha value is -3.12. The minimum Gasteiger partial charge on any atom is -0.354 e. The quantitative estimate of drug-likeness (QED) is 0.344. The maximum atomic E-state index is 12.3. The number of rotatable bonds is 8. The summed E-state index contributed by atoms with van der Waals surface area (Å²) in [5.74, 6) is 0.268. The third kappa shape index (κ3) is 5.44. The normalized spacial score (nSPS) is 10.6. The summed E-state index contributed by atoms with van der Waals surface area (Å²) in [5.41, 5.74) is 2.34. The number of amides is 1. The number of nitro benzene ring substituents is 1. The van der Waals surface area contributed by atoms with Crippen LogP contribution in [0.15, 0.2) is 89.8 Å². The molecule has 1 amide bonds. The van der Waals surface area contributed by atoms with Gasteiger partial charge in [-0.1, -0.05) is 60.7 Å². The maximum absolute atomic E-state index is 12.3. The number of nitrogens with one attached hydrogen (secondary N) is 1. The Kier molecular flexibility index (Phi) is 6.81. The van der Waals surface area contributed by atoms with E-state index in [2.05, 4.69) is 29.6 Å². The Balaban J connectivity index is 1.58. The second kappa shape index (κ2) is 9.71. The van der Waals surface area contributed by atoms with E-state index >= 15 is 0 Å². The van der Waals surface area contributed by atoms with Crippen LogP contribution in [0.5, 0.6) is 0 Å². The highest BCUT2D eigenvalue weighted by Crippen LogP contribution is 2.24. The Bertz CT molecular complexity index is 876. The summed E-state index contributed by atoms with van der Waals surface area (Å²) in [5, 5.41) is 13.7. The van der Waals surface area contributed by atoms with Gasteiger partial charge in [0.15, 0.2) is 0 Å². The van der Waals surface area contributed by atoms with Crippen LogP contribution in [0, 0.1) is 10.1 Å². The van der Waals surface area contributed by atoms with Gasteiger partial charge in [-0.05, 0) is 23.3 Å². The van der Waals surface area contributed by atoms with Gasteiger partial charge in [0.1, 0.15) is 0 Å². The van der Waals surface area contributed by atoms with Crippen molar-refractivity contribution in [2.24, 2.45) is 0 Å². The molecule has 1 N–H and O–H groups in total. The Labute approximate surface area is 167 Å². The fourth-order valence-corrected chi connectivity index (χ4v) is 3.61. The van der Waals surface area contributed by atoms with Gasteiger partial charge in [0.05, 0.1) is 10.7 Å². The summed E-state index contributed by atoms with van der Waals surface area (Å²) in [6, 6.07) is 26.4. The minimum absolute atomic E-state index is 0.0439. The molecule has 0 saturated heterocycles. The molecule has 0 aliphatic carbocycles. The van der Waals surface area contributed by atoms with E-state index in [4.69, 9.17) is 0 Å². The van der Waals surface area contributed by atoms with Crippen LogP contribution in [-0.2, 0) is 4.79 Å². The lowest BCUT2D eigenvalue weighted by Crippen LogP contribution is -2.30. The molecule has 0 fully saturated rings. The zero-order valence-corrected chi connectivity index (χ0v) is 16.0. The maximum Gasteiger partial charge on any atom is 0.269 e. The van der Waals surface area contributed by atoms with Crippen LogP contribution in [0.1, 0.15) is 17.0 Å². The van der Waals surface area contributed by atoms with E-state index in [9.17, 15) is 14.9 Å². The molecular weight excluding hydrogens is 372 g/mol. The van der Waals surface area contributed by atoms with Gasteiger partial charge in [0.2, 0.25) is 5.91 Å². The van der Waals surface area contributed by atoms with Gasteiger partial charge in [-0.2, -0.15) is 0 Å². The van der Waals surface area contributed by atoms with Crippen LogP contribution >= 0.6 is 11.8 Å². The smallest absolute Gasteiger partial charge is 0.269 e. The topological polar surface area (TPSA) is 72.2 Å². The molecule has 0 aromatic heterocycles. The predicted octanol–water partition coefficient (Wildman–Crippen LogP) is 4.64. The molecule has 0 atom stereocenters. The number of thioether (sulfide) groups is 1. The monoisotopic (exact) mass is 392 g/mol. The number of benzene rings is 3. The number of hydrogen-bond donors (Lipinski definition) is 1. The number of hydrogen-bond acceptors (Lipinski definition) is 4. The van der Waals surface area contributed by atoms with Crippen molar-refractivity contribution < 1.29 is 9.72 Å². The molecule has 0 aliphatic rings. The molecule has 0 radical (unpaired) electrons. The molecule has 3 aromatic carbocycles. The first-order valence-electron chi connectivity index (χ1n) is 8.87. The zero-order valence-electron chi connectivity index (χ0n) is 15.2. The average Bonchev–Trinajstić information content (AvgIpc) is 2.74. The minimum atomic E-state index is -0.436. The molecular formula is C22H20N2O3S. The van der Waals surface area contributed by atoms with Crippen molar-refractivity contribution in [2.75, 3.05) is 12.3 Å². The first-order valence-corrected chi connectivity index (χ1v) is 9.86. The van der Waals surface area contributed by atoms with E-state index in [1.165, 1.54) is 23.9 Å². The standard InChI is InChI=1S/C22H20N2O3S/c25-22(16-28-20-13-11-19(12-14-20)24(26)27)23-15-21(17-7-3-1-4-8-17)18-9-5-2-6-10-18/h1-14,21H,15-16H2,(H,23,25). The van der Waals surface area contributed by atoms with Gasteiger partial charge in [-0.3, -0.25) is 14.9 Å².